The fraction of sp³-hybridized carbons (Fsp3) is 0.529. The van der Waals surface area contributed by atoms with Crippen LogP contribution in [-0.2, 0) is 4.74 Å². The third-order valence-corrected chi connectivity index (χ3v) is 5.72. The van der Waals surface area contributed by atoms with Crippen molar-refractivity contribution in [1.29, 1.82) is 0 Å². The van der Waals surface area contributed by atoms with Gasteiger partial charge in [0.05, 0.1) is 28.3 Å². The average Bonchev–Trinajstić information content (AvgIpc) is 2.51. The molecule has 0 radical (unpaired) electrons. The maximum Gasteiger partial charge on any atom is 0.293 e. The molecule has 1 heterocycles. The topological polar surface area (TPSA) is 110 Å². The summed E-state index contributed by atoms with van der Waals surface area (Å²) in [5.74, 6) is 0. The van der Waals surface area contributed by atoms with Gasteiger partial charge >= 0.3 is 0 Å². The van der Waals surface area contributed by atoms with Gasteiger partial charge in [-0.1, -0.05) is 6.42 Å². The Hall–Kier alpha value is -2.48. The molecule has 1 spiro atoms. The van der Waals surface area contributed by atoms with Crippen molar-refractivity contribution in [1.82, 2.24) is 9.97 Å². The lowest BCUT2D eigenvalue weighted by molar-refractivity contribution is -0.383. The van der Waals surface area contributed by atoms with Crippen LogP contribution in [0.1, 0.15) is 32.6 Å². The molecule has 0 bridgehead atoms. The number of H-pyrrole nitrogens is 1. The highest BCUT2D eigenvalue weighted by atomic mass is 16.6. The van der Waals surface area contributed by atoms with Crippen molar-refractivity contribution >= 4 is 22.3 Å². The Morgan fingerprint density at radius 3 is 2.92 bits per heavy atom. The number of nitro benzene ring substituents is 1. The molecule has 2 N–H and O–H groups in total. The molecule has 4 rings (SSSR count). The van der Waals surface area contributed by atoms with Crippen molar-refractivity contribution in [2.75, 3.05) is 11.9 Å². The Kier molecular flexibility index (Phi) is 3.72. The van der Waals surface area contributed by atoms with Crippen LogP contribution in [0.2, 0.25) is 0 Å². The van der Waals surface area contributed by atoms with E-state index in [1.165, 1.54) is 18.8 Å². The fourth-order valence-electron chi connectivity index (χ4n) is 4.20. The quantitative estimate of drug-likeness (QED) is 0.637. The SMILES string of the molecule is CCO[C@H]1C[C@H](Nc2cc3nc[nH]c(=O)c3cc2[N+](=O)[O-])C12CCC2. The number of hydrogen-bond donors (Lipinski definition) is 2. The molecule has 8 heteroatoms. The zero-order valence-corrected chi connectivity index (χ0v) is 13.9. The van der Waals surface area contributed by atoms with Crippen LogP contribution in [-0.4, -0.2) is 33.6 Å². The number of benzene rings is 1. The predicted octanol–water partition coefficient (Wildman–Crippen LogP) is 2.59. The minimum absolute atomic E-state index is 0.0838. The van der Waals surface area contributed by atoms with Gasteiger partial charge in [0.2, 0.25) is 0 Å². The van der Waals surface area contributed by atoms with Crippen molar-refractivity contribution in [3.63, 3.8) is 0 Å². The largest absolute Gasteiger partial charge is 0.378 e. The summed E-state index contributed by atoms with van der Waals surface area (Å²) in [6.45, 7) is 2.67. The molecule has 0 saturated heterocycles. The maximum atomic E-state index is 11.9. The Bertz CT molecular complexity index is 890. The molecule has 25 heavy (non-hydrogen) atoms. The Morgan fingerprint density at radius 1 is 1.48 bits per heavy atom. The van der Waals surface area contributed by atoms with E-state index >= 15 is 0 Å². The fourth-order valence-corrected chi connectivity index (χ4v) is 4.20. The summed E-state index contributed by atoms with van der Waals surface area (Å²) in [6.07, 6.45) is 5.69. The molecule has 2 aliphatic rings. The number of aromatic amines is 1. The number of nitro groups is 1. The number of fused-ring (bicyclic) bond motifs is 1. The molecule has 2 fully saturated rings. The molecule has 1 aromatic heterocycles. The second-order valence-electron chi connectivity index (χ2n) is 6.84. The molecular weight excluding hydrogens is 324 g/mol. The van der Waals surface area contributed by atoms with Crippen molar-refractivity contribution in [3.05, 3.63) is 38.9 Å². The van der Waals surface area contributed by atoms with Crippen LogP contribution < -0.4 is 10.9 Å². The monoisotopic (exact) mass is 344 g/mol. The van der Waals surface area contributed by atoms with Crippen molar-refractivity contribution in [2.45, 2.75) is 44.8 Å². The molecule has 132 valence electrons. The van der Waals surface area contributed by atoms with Gasteiger partial charge in [-0.15, -0.1) is 0 Å². The molecule has 2 atom stereocenters. The van der Waals surface area contributed by atoms with Gasteiger partial charge in [0.15, 0.2) is 0 Å². The molecule has 2 aliphatic carbocycles. The third-order valence-electron chi connectivity index (χ3n) is 5.72. The van der Waals surface area contributed by atoms with Crippen molar-refractivity contribution in [2.24, 2.45) is 5.41 Å². The highest BCUT2D eigenvalue weighted by molar-refractivity contribution is 5.86. The summed E-state index contributed by atoms with van der Waals surface area (Å²) in [4.78, 5) is 29.5. The highest BCUT2D eigenvalue weighted by Crippen LogP contribution is 2.58. The molecule has 2 aromatic rings. The zero-order valence-electron chi connectivity index (χ0n) is 13.9. The van der Waals surface area contributed by atoms with E-state index in [1.807, 2.05) is 6.92 Å². The van der Waals surface area contributed by atoms with Crippen LogP contribution in [0, 0.1) is 15.5 Å². The van der Waals surface area contributed by atoms with Crippen LogP contribution >= 0.6 is 0 Å². The third kappa shape index (κ3) is 2.39. The smallest absolute Gasteiger partial charge is 0.293 e. The minimum atomic E-state index is -0.458. The van der Waals surface area contributed by atoms with Gasteiger partial charge in [0.25, 0.3) is 11.2 Å². The number of ether oxygens (including phenoxy) is 1. The summed E-state index contributed by atoms with van der Waals surface area (Å²) >= 11 is 0. The maximum absolute atomic E-state index is 11.9. The van der Waals surface area contributed by atoms with E-state index in [9.17, 15) is 14.9 Å². The van der Waals surface area contributed by atoms with Crippen LogP contribution in [0.15, 0.2) is 23.3 Å². The first-order chi connectivity index (χ1) is 12.0. The number of hydrogen-bond acceptors (Lipinski definition) is 6. The first-order valence-corrected chi connectivity index (χ1v) is 8.59. The van der Waals surface area contributed by atoms with Crippen LogP contribution in [0.3, 0.4) is 0 Å². The van der Waals surface area contributed by atoms with E-state index in [0.717, 1.165) is 19.3 Å². The van der Waals surface area contributed by atoms with Gasteiger partial charge in [-0.05, 0) is 32.3 Å². The molecule has 8 nitrogen and oxygen atoms in total. The Balaban J connectivity index is 1.68. The number of nitrogens with zero attached hydrogens (tertiary/aromatic N) is 2. The van der Waals surface area contributed by atoms with Crippen molar-refractivity contribution < 1.29 is 9.66 Å². The number of anilines is 1. The molecule has 0 amide bonds. The lowest BCUT2D eigenvalue weighted by atomic mass is 9.51. The summed E-state index contributed by atoms with van der Waals surface area (Å²) in [5.41, 5.74) is 0.470. The van der Waals surface area contributed by atoms with E-state index in [1.54, 1.807) is 6.07 Å². The van der Waals surface area contributed by atoms with Gasteiger partial charge in [-0.3, -0.25) is 14.9 Å². The normalized spacial score (nSPS) is 23.9. The molecule has 2 saturated carbocycles. The second-order valence-corrected chi connectivity index (χ2v) is 6.84. The van der Waals surface area contributed by atoms with Gasteiger partial charge in [-0.2, -0.15) is 0 Å². The first kappa shape index (κ1) is 16.0. The van der Waals surface area contributed by atoms with E-state index in [0.29, 0.717) is 17.8 Å². The number of nitrogens with one attached hydrogen (secondary N) is 2. The van der Waals surface area contributed by atoms with Crippen LogP contribution in [0.4, 0.5) is 11.4 Å². The van der Waals surface area contributed by atoms with Gasteiger partial charge in [0.1, 0.15) is 5.69 Å². The summed E-state index contributed by atoms with van der Waals surface area (Å²) < 4.78 is 5.84. The van der Waals surface area contributed by atoms with Crippen molar-refractivity contribution in [3.8, 4) is 0 Å². The average molecular weight is 344 g/mol. The summed E-state index contributed by atoms with van der Waals surface area (Å²) in [7, 11) is 0. The van der Waals surface area contributed by atoms with Crippen LogP contribution in [0.25, 0.3) is 10.9 Å². The van der Waals surface area contributed by atoms with Crippen LogP contribution in [0.5, 0.6) is 0 Å². The lowest BCUT2D eigenvalue weighted by Crippen LogP contribution is -2.64. The summed E-state index contributed by atoms with van der Waals surface area (Å²) in [5, 5.41) is 15.1. The molecule has 1 aromatic carbocycles. The summed E-state index contributed by atoms with van der Waals surface area (Å²) in [6, 6.07) is 3.05. The second kappa shape index (κ2) is 5.80. The highest BCUT2D eigenvalue weighted by Gasteiger charge is 2.59. The predicted molar refractivity (Wildman–Crippen MR) is 92.7 cm³/mol. The Labute approximate surface area is 143 Å². The standard InChI is InChI=1S/C17H20N4O4/c1-2-25-15-8-14(17(15)4-3-5-17)20-12-7-11-10(6-13(12)21(23)24)16(22)19-9-18-11/h6-7,9,14-15,20H,2-5,8H2,1H3,(H,18,19,22)/t14-,15-/m0/s1. The number of aromatic nitrogens is 2. The van der Waals surface area contributed by atoms with E-state index in [-0.39, 0.29) is 34.2 Å². The van der Waals surface area contributed by atoms with Gasteiger partial charge in [-0.25, -0.2) is 4.98 Å². The first-order valence-electron chi connectivity index (χ1n) is 8.59. The van der Waals surface area contributed by atoms with E-state index < -0.39 is 4.92 Å². The zero-order chi connectivity index (χ0) is 17.6. The lowest BCUT2D eigenvalue weighted by Gasteiger charge is -2.61. The molecule has 0 aliphatic heterocycles. The Morgan fingerprint density at radius 2 is 2.28 bits per heavy atom. The van der Waals surface area contributed by atoms with E-state index in [4.69, 9.17) is 4.74 Å². The number of rotatable bonds is 5. The minimum Gasteiger partial charge on any atom is -0.378 e. The molecule has 0 unspecified atom stereocenters. The van der Waals surface area contributed by atoms with E-state index in [2.05, 4.69) is 15.3 Å². The molecular formula is C17H20N4O4. The van der Waals surface area contributed by atoms with Gasteiger partial charge < -0.3 is 15.0 Å². The van der Waals surface area contributed by atoms with Gasteiger partial charge in [0, 0.05) is 24.1 Å².